The zero-order valence-electron chi connectivity index (χ0n) is 9.97. The molecule has 1 aliphatic carbocycles. The van der Waals surface area contributed by atoms with E-state index in [9.17, 15) is 4.79 Å². The molecule has 2 aromatic rings. The highest BCUT2D eigenvalue weighted by Gasteiger charge is 2.22. The Balaban J connectivity index is 1.70. The molecule has 1 aromatic heterocycles. The van der Waals surface area contributed by atoms with Crippen molar-refractivity contribution in [1.82, 2.24) is 4.98 Å². The quantitative estimate of drug-likeness (QED) is 0.892. The zero-order valence-corrected chi connectivity index (χ0v) is 9.97. The molecular formula is C15H14N2O. The highest BCUT2D eigenvalue weighted by Crippen LogP contribution is 2.40. The molecule has 1 aliphatic rings. The smallest absolute Gasteiger partial charge is 0.255 e. The van der Waals surface area contributed by atoms with E-state index in [1.165, 1.54) is 18.4 Å². The molecule has 3 nitrogen and oxygen atoms in total. The van der Waals surface area contributed by atoms with Gasteiger partial charge in [0, 0.05) is 23.6 Å². The van der Waals surface area contributed by atoms with Crippen LogP contribution in [0.3, 0.4) is 0 Å². The van der Waals surface area contributed by atoms with Crippen LogP contribution in [0.1, 0.15) is 34.7 Å². The van der Waals surface area contributed by atoms with Gasteiger partial charge in [0.25, 0.3) is 5.91 Å². The number of carbonyl (C=O) groups excluding carboxylic acids is 1. The largest absolute Gasteiger partial charge is 0.322 e. The van der Waals surface area contributed by atoms with Gasteiger partial charge in [-0.15, -0.1) is 0 Å². The average Bonchev–Trinajstić information content (AvgIpc) is 3.25. The number of nitrogens with one attached hydrogen (secondary N) is 1. The third-order valence-corrected chi connectivity index (χ3v) is 3.16. The van der Waals surface area contributed by atoms with E-state index in [-0.39, 0.29) is 5.91 Å². The van der Waals surface area contributed by atoms with Crippen molar-refractivity contribution in [1.29, 1.82) is 0 Å². The monoisotopic (exact) mass is 238 g/mol. The number of carbonyl (C=O) groups is 1. The predicted molar refractivity (Wildman–Crippen MR) is 70.6 cm³/mol. The minimum Gasteiger partial charge on any atom is -0.322 e. The fraction of sp³-hybridized carbons (Fsp3) is 0.200. The van der Waals surface area contributed by atoms with Gasteiger partial charge in [0.2, 0.25) is 0 Å². The Kier molecular flexibility index (Phi) is 2.81. The summed E-state index contributed by atoms with van der Waals surface area (Å²) in [5.74, 6) is 0.645. The van der Waals surface area contributed by atoms with Gasteiger partial charge in [-0.3, -0.25) is 9.78 Å². The molecule has 0 saturated heterocycles. The average molecular weight is 238 g/mol. The van der Waals surface area contributed by atoms with E-state index in [0.29, 0.717) is 5.56 Å². The number of hydrogen-bond acceptors (Lipinski definition) is 2. The Hall–Kier alpha value is -2.16. The van der Waals surface area contributed by atoms with Crippen molar-refractivity contribution in [2.75, 3.05) is 5.32 Å². The maximum Gasteiger partial charge on any atom is 0.255 e. The third-order valence-electron chi connectivity index (χ3n) is 3.16. The van der Waals surface area contributed by atoms with E-state index in [2.05, 4.69) is 22.4 Å². The number of anilines is 1. The molecule has 0 aliphatic heterocycles. The molecule has 1 saturated carbocycles. The number of amides is 1. The van der Waals surface area contributed by atoms with Crippen LogP contribution in [-0.2, 0) is 0 Å². The van der Waals surface area contributed by atoms with Gasteiger partial charge in [-0.2, -0.15) is 0 Å². The highest BCUT2D eigenvalue weighted by molar-refractivity contribution is 6.04. The Bertz CT molecular complexity index is 544. The summed E-state index contributed by atoms with van der Waals surface area (Å²) in [5.41, 5.74) is 2.83. The third kappa shape index (κ3) is 2.40. The fourth-order valence-electron chi connectivity index (χ4n) is 1.96. The summed E-state index contributed by atoms with van der Waals surface area (Å²) in [6.45, 7) is 0. The van der Waals surface area contributed by atoms with Crippen molar-refractivity contribution in [2.24, 2.45) is 0 Å². The van der Waals surface area contributed by atoms with Crippen LogP contribution in [0.2, 0.25) is 0 Å². The number of nitrogens with zero attached hydrogens (tertiary/aromatic N) is 1. The first-order valence-corrected chi connectivity index (χ1v) is 6.14. The van der Waals surface area contributed by atoms with Gasteiger partial charge in [-0.1, -0.05) is 12.1 Å². The summed E-state index contributed by atoms with van der Waals surface area (Å²) in [6, 6.07) is 11.5. The maximum absolute atomic E-state index is 11.9. The van der Waals surface area contributed by atoms with Crippen LogP contribution >= 0.6 is 0 Å². The molecule has 0 bridgehead atoms. The number of hydrogen-bond donors (Lipinski definition) is 1. The molecule has 0 unspecified atom stereocenters. The van der Waals surface area contributed by atoms with Crippen LogP contribution in [0.5, 0.6) is 0 Å². The fourth-order valence-corrected chi connectivity index (χ4v) is 1.96. The summed E-state index contributed by atoms with van der Waals surface area (Å²) in [7, 11) is 0. The molecule has 90 valence electrons. The molecule has 1 N–H and O–H groups in total. The molecule has 1 amide bonds. The number of benzene rings is 1. The number of pyridine rings is 1. The van der Waals surface area contributed by atoms with Gasteiger partial charge < -0.3 is 5.32 Å². The van der Waals surface area contributed by atoms with Crippen molar-refractivity contribution in [3.63, 3.8) is 0 Å². The molecule has 3 rings (SSSR count). The van der Waals surface area contributed by atoms with Gasteiger partial charge >= 0.3 is 0 Å². The molecule has 0 atom stereocenters. The topological polar surface area (TPSA) is 42.0 Å². The molecule has 1 heterocycles. The second-order valence-electron chi connectivity index (χ2n) is 4.59. The maximum atomic E-state index is 11.9. The Morgan fingerprint density at radius 2 is 1.72 bits per heavy atom. The summed E-state index contributed by atoms with van der Waals surface area (Å²) >= 11 is 0. The van der Waals surface area contributed by atoms with E-state index >= 15 is 0 Å². The Morgan fingerprint density at radius 1 is 1.06 bits per heavy atom. The minimum atomic E-state index is -0.100. The number of rotatable bonds is 3. The lowest BCUT2D eigenvalue weighted by Gasteiger charge is -2.06. The zero-order chi connectivity index (χ0) is 12.4. The Morgan fingerprint density at radius 3 is 2.33 bits per heavy atom. The lowest BCUT2D eigenvalue weighted by molar-refractivity contribution is 0.102. The summed E-state index contributed by atoms with van der Waals surface area (Å²) in [4.78, 5) is 15.8. The van der Waals surface area contributed by atoms with E-state index in [1.54, 1.807) is 24.5 Å². The van der Waals surface area contributed by atoms with Crippen molar-refractivity contribution < 1.29 is 4.79 Å². The SMILES string of the molecule is O=C(Nc1ccc(C2CC2)cc1)c1ccncc1. The van der Waals surface area contributed by atoms with Crippen LogP contribution in [0, 0.1) is 0 Å². The molecule has 1 fully saturated rings. The lowest BCUT2D eigenvalue weighted by atomic mass is 10.1. The van der Waals surface area contributed by atoms with E-state index in [0.717, 1.165) is 11.6 Å². The molecule has 1 aromatic carbocycles. The van der Waals surface area contributed by atoms with Gasteiger partial charge in [-0.05, 0) is 48.6 Å². The standard InChI is InChI=1S/C15H14N2O/c18-15(13-7-9-16-10-8-13)17-14-5-3-12(4-6-14)11-1-2-11/h3-11H,1-2H2,(H,17,18). The first-order chi connectivity index (χ1) is 8.83. The van der Waals surface area contributed by atoms with E-state index in [4.69, 9.17) is 0 Å². The second-order valence-corrected chi connectivity index (χ2v) is 4.59. The van der Waals surface area contributed by atoms with Gasteiger partial charge in [0.15, 0.2) is 0 Å². The van der Waals surface area contributed by atoms with Gasteiger partial charge in [-0.25, -0.2) is 0 Å². The molecule has 18 heavy (non-hydrogen) atoms. The molecule has 3 heteroatoms. The van der Waals surface area contributed by atoms with Crippen LogP contribution in [0.15, 0.2) is 48.8 Å². The van der Waals surface area contributed by atoms with Crippen LogP contribution in [-0.4, -0.2) is 10.9 Å². The normalized spacial score (nSPS) is 14.2. The number of aromatic nitrogens is 1. The molecular weight excluding hydrogens is 224 g/mol. The van der Waals surface area contributed by atoms with Crippen molar-refractivity contribution >= 4 is 11.6 Å². The van der Waals surface area contributed by atoms with Crippen LogP contribution < -0.4 is 5.32 Å². The summed E-state index contributed by atoms with van der Waals surface area (Å²) in [5, 5.41) is 2.88. The summed E-state index contributed by atoms with van der Waals surface area (Å²) < 4.78 is 0. The van der Waals surface area contributed by atoms with Crippen LogP contribution in [0.25, 0.3) is 0 Å². The van der Waals surface area contributed by atoms with Crippen molar-refractivity contribution in [3.8, 4) is 0 Å². The van der Waals surface area contributed by atoms with Crippen LogP contribution in [0.4, 0.5) is 5.69 Å². The molecule has 0 spiro atoms. The first kappa shape index (κ1) is 11.0. The van der Waals surface area contributed by atoms with Crippen molar-refractivity contribution in [2.45, 2.75) is 18.8 Å². The first-order valence-electron chi connectivity index (χ1n) is 6.14. The molecule has 0 radical (unpaired) electrons. The van der Waals surface area contributed by atoms with Gasteiger partial charge in [0.05, 0.1) is 0 Å². The Labute approximate surface area is 106 Å². The summed E-state index contributed by atoms with van der Waals surface area (Å²) in [6.07, 6.45) is 5.82. The highest BCUT2D eigenvalue weighted by atomic mass is 16.1. The van der Waals surface area contributed by atoms with E-state index < -0.39 is 0 Å². The predicted octanol–water partition coefficient (Wildman–Crippen LogP) is 3.21. The van der Waals surface area contributed by atoms with Crippen molar-refractivity contribution in [3.05, 3.63) is 59.9 Å². The second kappa shape index (κ2) is 4.61. The lowest BCUT2D eigenvalue weighted by Crippen LogP contribution is -2.11. The minimum absolute atomic E-state index is 0.100. The van der Waals surface area contributed by atoms with Gasteiger partial charge in [0.1, 0.15) is 0 Å². The van der Waals surface area contributed by atoms with E-state index in [1.807, 2.05) is 12.1 Å².